The highest BCUT2D eigenvalue weighted by molar-refractivity contribution is 7.13. The van der Waals surface area contributed by atoms with E-state index in [-0.39, 0.29) is 11.1 Å². The van der Waals surface area contributed by atoms with Crippen LogP contribution in [0.1, 0.15) is 5.69 Å². The number of fused-ring (bicyclic) bond motifs is 2. The molecule has 0 amide bonds. The van der Waals surface area contributed by atoms with Crippen LogP contribution in [0.4, 0.5) is 0 Å². The Morgan fingerprint density at radius 1 is 1.05 bits per heavy atom. The Hall–Kier alpha value is -2.73. The molecule has 0 saturated carbocycles. The summed E-state index contributed by atoms with van der Waals surface area (Å²) in [5.41, 5.74) is 0.981. The van der Waals surface area contributed by atoms with Gasteiger partial charge in [0.1, 0.15) is 5.65 Å². The van der Waals surface area contributed by atoms with Gasteiger partial charge < -0.3 is 0 Å². The molecular formula is C16H11N3O2S. The highest BCUT2D eigenvalue weighted by Crippen LogP contribution is 2.16. The first kappa shape index (κ1) is 13.0. The van der Waals surface area contributed by atoms with Crippen LogP contribution < -0.4 is 11.1 Å². The van der Waals surface area contributed by atoms with E-state index in [1.54, 1.807) is 22.3 Å². The third kappa shape index (κ3) is 2.05. The van der Waals surface area contributed by atoms with Crippen molar-refractivity contribution in [2.45, 2.75) is 6.54 Å². The molecule has 0 bridgehead atoms. The van der Waals surface area contributed by atoms with E-state index in [9.17, 15) is 9.59 Å². The largest absolute Gasteiger partial charge is 0.269 e. The van der Waals surface area contributed by atoms with Crippen LogP contribution in [0.15, 0.2) is 64.3 Å². The lowest BCUT2D eigenvalue weighted by atomic mass is 10.3. The molecule has 0 radical (unpaired) electrons. The van der Waals surface area contributed by atoms with Gasteiger partial charge in [-0.2, -0.15) is 0 Å². The molecule has 3 aromatic heterocycles. The summed E-state index contributed by atoms with van der Waals surface area (Å²) < 4.78 is 4.05. The van der Waals surface area contributed by atoms with E-state index in [0.717, 1.165) is 4.70 Å². The van der Waals surface area contributed by atoms with Crippen LogP contribution in [0.2, 0.25) is 0 Å². The van der Waals surface area contributed by atoms with E-state index >= 15 is 0 Å². The second-order valence-electron chi connectivity index (χ2n) is 4.94. The lowest BCUT2D eigenvalue weighted by Crippen LogP contribution is -2.19. The van der Waals surface area contributed by atoms with Crippen LogP contribution >= 0.6 is 11.5 Å². The predicted octanol–water partition coefficient (Wildman–Crippen LogP) is 2.12. The highest BCUT2D eigenvalue weighted by Gasteiger charge is 2.09. The average molecular weight is 309 g/mol. The number of benzene rings is 1. The Morgan fingerprint density at radius 2 is 1.86 bits per heavy atom. The number of nitrogens with zero attached hydrogens (tertiary/aromatic N) is 3. The van der Waals surface area contributed by atoms with Crippen LogP contribution in [-0.2, 0) is 6.54 Å². The zero-order valence-electron chi connectivity index (χ0n) is 11.5. The molecule has 0 aliphatic rings. The number of pyridine rings is 1. The molecule has 5 nitrogen and oxygen atoms in total. The second-order valence-corrected chi connectivity index (χ2v) is 6.01. The highest BCUT2D eigenvalue weighted by atomic mass is 32.1. The van der Waals surface area contributed by atoms with Crippen molar-refractivity contribution in [3.63, 3.8) is 0 Å². The lowest BCUT2D eigenvalue weighted by molar-refractivity contribution is 0.815. The number of hydrogen-bond acceptors (Lipinski definition) is 4. The molecule has 0 aliphatic carbocycles. The van der Waals surface area contributed by atoms with Crippen molar-refractivity contribution in [2.24, 2.45) is 0 Å². The minimum atomic E-state index is -0.144. The molecule has 22 heavy (non-hydrogen) atoms. The SMILES string of the molecule is O=c1c2ccccc2sn1Cc1cc(=O)n2ccccc2n1. The molecule has 0 N–H and O–H groups in total. The molecule has 1 aromatic carbocycles. The predicted molar refractivity (Wildman–Crippen MR) is 86.6 cm³/mol. The van der Waals surface area contributed by atoms with Gasteiger partial charge >= 0.3 is 0 Å². The van der Waals surface area contributed by atoms with Gasteiger partial charge in [0.2, 0.25) is 0 Å². The first-order valence-corrected chi connectivity index (χ1v) is 7.56. The molecule has 0 spiro atoms. The molecule has 3 heterocycles. The van der Waals surface area contributed by atoms with Crippen molar-refractivity contribution in [3.8, 4) is 0 Å². The van der Waals surface area contributed by atoms with E-state index in [1.165, 1.54) is 22.0 Å². The number of rotatable bonds is 2. The molecule has 0 aliphatic heterocycles. The van der Waals surface area contributed by atoms with Crippen molar-refractivity contribution in [2.75, 3.05) is 0 Å². The summed E-state index contributed by atoms with van der Waals surface area (Å²) in [4.78, 5) is 28.9. The second kappa shape index (κ2) is 4.92. The Labute approximate surface area is 128 Å². The summed E-state index contributed by atoms with van der Waals surface area (Å²) in [6.45, 7) is 0.304. The smallest absolute Gasteiger partial charge is 0.268 e. The zero-order valence-corrected chi connectivity index (χ0v) is 12.3. The Balaban J connectivity index is 1.84. The van der Waals surface area contributed by atoms with Gasteiger partial charge in [-0.3, -0.25) is 17.9 Å². The maximum Gasteiger partial charge on any atom is 0.268 e. The molecule has 4 rings (SSSR count). The molecule has 0 saturated heterocycles. The summed E-state index contributed by atoms with van der Waals surface area (Å²) in [6, 6.07) is 14.4. The monoisotopic (exact) mass is 309 g/mol. The van der Waals surface area contributed by atoms with Crippen molar-refractivity contribution < 1.29 is 0 Å². The average Bonchev–Trinajstić information content (AvgIpc) is 2.84. The van der Waals surface area contributed by atoms with Gasteiger partial charge in [-0.05, 0) is 24.3 Å². The Bertz CT molecular complexity index is 1110. The summed E-state index contributed by atoms with van der Waals surface area (Å²) >= 11 is 1.39. The molecule has 4 aromatic rings. The summed E-state index contributed by atoms with van der Waals surface area (Å²) in [6.07, 6.45) is 1.68. The normalized spacial score (nSPS) is 11.3. The molecule has 0 atom stereocenters. The van der Waals surface area contributed by atoms with Gasteiger partial charge in [0, 0.05) is 12.3 Å². The van der Waals surface area contributed by atoms with Gasteiger partial charge in [0.05, 0.1) is 22.3 Å². The van der Waals surface area contributed by atoms with Crippen molar-refractivity contribution in [1.29, 1.82) is 0 Å². The standard InChI is InChI=1S/C16H11N3O2S/c20-15-9-11(17-14-7-3-4-8-18(14)15)10-19-16(21)12-5-1-2-6-13(12)22-19/h1-9H,10H2. The molecule has 0 fully saturated rings. The van der Waals surface area contributed by atoms with Gasteiger partial charge in [-0.25, -0.2) is 4.98 Å². The van der Waals surface area contributed by atoms with Gasteiger partial charge in [0.25, 0.3) is 11.1 Å². The van der Waals surface area contributed by atoms with E-state index in [1.807, 2.05) is 30.3 Å². The van der Waals surface area contributed by atoms with Crippen LogP contribution in [0.5, 0.6) is 0 Å². The molecule has 0 unspecified atom stereocenters. The number of hydrogen-bond donors (Lipinski definition) is 0. The zero-order chi connectivity index (χ0) is 15.1. The molecule has 108 valence electrons. The van der Waals surface area contributed by atoms with Crippen molar-refractivity contribution in [1.82, 2.24) is 13.3 Å². The molecule has 6 heteroatoms. The quantitative estimate of drug-likeness (QED) is 0.570. The van der Waals surface area contributed by atoms with E-state index in [4.69, 9.17) is 0 Å². The summed E-state index contributed by atoms with van der Waals surface area (Å²) in [5, 5.41) is 0.699. The van der Waals surface area contributed by atoms with Crippen LogP contribution in [0.25, 0.3) is 15.7 Å². The van der Waals surface area contributed by atoms with Crippen molar-refractivity contribution >= 4 is 27.3 Å². The van der Waals surface area contributed by atoms with Gasteiger partial charge in [-0.1, -0.05) is 29.7 Å². The van der Waals surface area contributed by atoms with E-state index < -0.39 is 0 Å². The Kier molecular flexibility index (Phi) is 2.90. The summed E-state index contributed by atoms with van der Waals surface area (Å²) in [5.74, 6) is 0. The van der Waals surface area contributed by atoms with Crippen LogP contribution in [-0.4, -0.2) is 13.3 Å². The number of aromatic nitrogens is 3. The fourth-order valence-electron chi connectivity index (χ4n) is 2.45. The van der Waals surface area contributed by atoms with Crippen LogP contribution in [0, 0.1) is 0 Å². The third-order valence-corrected chi connectivity index (χ3v) is 4.55. The maximum absolute atomic E-state index is 12.3. The fourth-order valence-corrected chi connectivity index (χ4v) is 3.46. The fraction of sp³-hybridized carbons (Fsp3) is 0.0625. The van der Waals surface area contributed by atoms with E-state index in [0.29, 0.717) is 23.3 Å². The Morgan fingerprint density at radius 3 is 2.73 bits per heavy atom. The van der Waals surface area contributed by atoms with Crippen LogP contribution in [0.3, 0.4) is 0 Å². The maximum atomic E-state index is 12.3. The first-order valence-electron chi connectivity index (χ1n) is 6.78. The van der Waals surface area contributed by atoms with Gasteiger partial charge in [0.15, 0.2) is 0 Å². The van der Waals surface area contributed by atoms with Crippen molar-refractivity contribution in [3.05, 3.63) is 81.1 Å². The minimum Gasteiger partial charge on any atom is -0.269 e. The first-order chi connectivity index (χ1) is 10.7. The topological polar surface area (TPSA) is 56.4 Å². The lowest BCUT2D eigenvalue weighted by Gasteiger charge is -2.03. The van der Waals surface area contributed by atoms with E-state index in [2.05, 4.69) is 4.98 Å². The molecular weight excluding hydrogens is 298 g/mol. The summed E-state index contributed by atoms with van der Waals surface area (Å²) in [7, 11) is 0. The third-order valence-electron chi connectivity index (χ3n) is 3.48. The van der Waals surface area contributed by atoms with Gasteiger partial charge in [-0.15, -0.1) is 0 Å². The minimum absolute atomic E-state index is 0.0457.